The summed E-state index contributed by atoms with van der Waals surface area (Å²) >= 11 is 6.43. The molecule has 2 aromatic carbocycles. The van der Waals surface area contributed by atoms with Gasteiger partial charge in [0.15, 0.2) is 0 Å². The minimum Gasteiger partial charge on any atom is -0.329 e. The molecular formula is C30H40ClFN4O4S. The summed E-state index contributed by atoms with van der Waals surface area (Å²) in [4.78, 5) is 34.1. The Bertz CT molecular complexity index is 1340. The van der Waals surface area contributed by atoms with Crippen molar-refractivity contribution in [1.82, 2.24) is 14.7 Å². The zero-order valence-electron chi connectivity index (χ0n) is 24.1. The number of anilines is 1. The van der Waals surface area contributed by atoms with Gasteiger partial charge in [0, 0.05) is 75.4 Å². The molecule has 0 spiro atoms. The van der Waals surface area contributed by atoms with Crippen LogP contribution in [-0.2, 0) is 21.2 Å². The van der Waals surface area contributed by atoms with E-state index in [1.807, 2.05) is 31.2 Å². The standard InChI is InChI=1S/C30H40ClFN4O4S/c1-22-7-12-27(18-28(22)31)36(29(37)25-6-4-13-35(21-25)30(38)41(3,39)40)15-5-14-34-17-16-33(19-23(34)2)20-24-8-10-26(32)11-9-24/h7-12,18,23,25H,4-6,13-17,19-21H2,1-3H3. The van der Waals surface area contributed by atoms with Crippen molar-refractivity contribution >= 4 is 38.3 Å². The normalized spacial score (nSPS) is 20.7. The van der Waals surface area contributed by atoms with Gasteiger partial charge in [-0.25, -0.2) is 12.8 Å². The summed E-state index contributed by atoms with van der Waals surface area (Å²) in [6, 6.07) is 12.6. The molecule has 0 saturated carbocycles. The van der Waals surface area contributed by atoms with E-state index >= 15 is 0 Å². The van der Waals surface area contributed by atoms with E-state index in [9.17, 15) is 22.4 Å². The van der Waals surface area contributed by atoms with Crippen molar-refractivity contribution in [3.8, 4) is 0 Å². The number of piperidine rings is 1. The Kier molecular flexibility index (Phi) is 10.4. The summed E-state index contributed by atoms with van der Waals surface area (Å²) in [5.41, 5.74) is 2.71. The molecule has 2 heterocycles. The van der Waals surface area contributed by atoms with Crippen LogP contribution < -0.4 is 4.90 Å². The van der Waals surface area contributed by atoms with Crippen LogP contribution in [-0.4, -0.2) is 92.4 Å². The predicted molar refractivity (Wildman–Crippen MR) is 160 cm³/mol. The number of benzene rings is 2. The molecule has 2 amide bonds. The fraction of sp³-hybridized carbons (Fsp3) is 0.533. The lowest BCUT2D eigenvalue weighted by atomic mass is 9.96. The minimum absolute atomic E-state index is 0.0912. The first-order valence-electron chi connectivity index (χ1n) is 14.2. The third-order valence-corrected chi connectivity index (χ3v) is 9.37. The molecule has 2 saturated heterocycles. The number of nitrogens with zero attached hydrogens (tertiary/aromatic N) is 4. The molecule has 2 aliphatic rings. The molecule has 0 N–H and O–H groups in total. The summed E-state index contributed by atoms with van der Waals surface area (Å²) < 4.78 is 37.0. The summed E-state index contributed by atoms with van der Waals surface area (Å²) in [6.45, 7) is 9.33. The number of carbonyl (C=O) groups excluding carboxylic acids is 2. The van der Waals surface area contributed by atoms with Gasteiger partial charge >= 0.3 is 5.24 Å². The number of carbonyl (C=O) groups is 2. The van der Waals surface area contributed by atoms with Gasteiger partial charge in [-0.2, -0.15) is 0 Å². The molecule has 0 bridgehead atoms. The number of amides is 2. The maximum absolute atomic E-state index is 13.8. The Morgan fingerprint density at radius 1 is 1.07 bits per heavy atom. The second kappa shape index (κ2) is 13.6. The van der Waals surface area contributed by atoms with Gasteiger partial charge in [0.25, 0.3) is 0 Å². The molecule has 224 valence electrons. The van der Waals surface area contributed by atoms with E-state index in [1.54, 1.807) is 11.0 Å². The molecule has 2 fully saturated rings. The van der Waals surface area contributed by atoms with Gasteiger partial charge in [-0.3, -0.25) is 19.4 Å². The van der Waals surface area contributed by atoms with Gasteiger partial charge < -0.3 is 9.80 Å². The van der Waals surface area contributed by atoms with Gasteiger partial charge in [0.05, 0.1) is 5.92 Å². The summed E-state index contributed by atoms with van der Waals surface area (Å²) in [6.07, 6.45) is 2.82. The van der Waals surface area contributed by atoms with Crippen LogP contribution in [0.3, 0.4) is 0 Å². The lowest BCUT2D eigenvalue weighted by Crippen LogP contribution is -2.52. The first-order valence-corrected chi connectivity index (χ1v) is 16.5. The van der Waals surface area contributed by atoms with Crippen LogP contribution in [0.15, 0.2) is 42.5 Å². The fourth-order valence-electron chi connectivity index (χ4n) is 5.74. The van der Waals surface area contributed by atoms with Crippen molar-refractivity contribution < 1.29 is 22.4 Å². The maximum atomic E-state index is 13.8. The van der Waals surface area contributed by atoms with Crippen molar-refractivity contribution in [3.63, 3.8) is 0 Å². The van der Waals surface area contributed by atoms with E-state index < -0.39 is 21.0 Å². The van der Waals surface area contributed by atoms with Crippen LogP contribution >= 0.6 is 11.6 Å². The number of piperazine rings is 1. The van der Waals surface area contributed by atoms with E-state index in [2.05, 4.69) is 16.7 Å². The van der Waals surface area contributed by atoms with Gasteiger partial charge in [-0.05, 0) is 68.5 Å². The van der Waals surface area contributed by atoms with Crippen molar-refractivity contribution in [2.45, 2.75) is 45.7 Å². The number of hydrogen-bond donors (Lipinski definition) is 0. The third-order valence-electron chi connectivity index (χ3n) is 8.07. The molecule has 0 aliphatic carbocycles. The smallest absolute Gasteiger partial charge is 0.329 e. The summed E-state index contributed by atoms with van der Waals surface area (Å²) in [5.74, 6) is -0.827. The fourth-order valence-corrected chi connectivity index (χ4v) is 6.55. The molecule has 2 aromatic rings. The van der Waals surface area contributed by atoms with E-state index in [0.717, 1.165) is 56.5 Å². The van der Waals surface area contributed by atoms with Crippen LogP contribution in [0.5, 0.6) is 0 Å². The molecule has 41 heavy (non-hydrogen) atoms. The maximum Gasteiger partial charge on any atom is 0.338 e. The molecule has 4 rings (SSSR count). The highest BCUT2D eigenvalue weighted by Crippen LogP contribution is 2.28. The van der Waals surface area contributed by atoms with Crippen molar-refractivity contribution in [1.29, 1.82) is 0 Å². The number of sulfone groups is 1. The SMILES string of the molecule is Cc1ccc(N(CCCN2CCN(Cc3ccc(F)cc3)CC2C)C(=O)C2CCCN(C(=O)S(C)(=O)=O)C2)cc1Cl. The summed E-state index contributed by atoms with van der Waals surface area (Å²) in [7, 11) is -3.87. The highest BCUT2D eigenvalue weighted by molar-refractivity contribution is 8.05. The quantitative estimate of drug-likeness (QED) is 0.437. The Morgan fingerprint density at radius 2 is 1.80 bits per heavy atom. The lowest BCUT2D eigenvalue weighted by Gasteiger charge is -2.40. The number of rotatable bonds is 8. The van der Waals surface area contributed by atoms with Crippen LogP contribution in [0.25, 0.3) is 0 Å². The second-order valence-corrected chi connectivity index (χ2v) is 13.6. The van der Waals surface area contributed by atoms with Crippen molar-refractivity contribution in [3.05, 3.63) is 64.4 Å². The molecule has 11 heteroatoms. The highest BCUT2D eigenvalue weighted by Gasteiger charge is 2.35. The first kappa shape index (κ1) is 31.4. The van der Waals surface area contributed by atoms with E-state index in [-0.39, 0.29) is 18.3 Å². The van der Waals surface area contributed by atoms with Crippen molar-refractivity contribution in [2.75, 3.05) is 57.0 Å². The van der Waals surface area contributed by atoms with Crippen LogP contribution in [0.1, 0.15) is 37.3 Å². The molecule has 0 radical (unpaired) electrons. The zero-order chi connectivity index (χ0) is 29.7. The first-order chi connectivity index (χ1) is 19.4. The van der Waals surface area contributed by atoms with Crippen LogP contribution in [0, 0.1) is 18.7 Å². The number of aryl methyl sites for hydroxylation is 1. The topological polar surface area (TPSA) is 81.2 Å². The Labute approximate surface area is 248 Å². The van der Waals surface area contributed by atoms with Crippen molar-refractivity contribution in [2.24, 2.45) is 5.92 Å². The molecule has 2 unspecified atom stereocenters. The minimum atomic E-state index is -3.87. The molecule has 0 aromatic heterocycles. The average Bonchev–Trinajstić information content (AvgIpc) is 2.94. The van der Waals surface area contributed by atoms with E-state index in [0.29, 0.717) is 42.7 Å². The van der Waals surface area contributed by atoms with Crippen LogP contribution in [0.2, 0.25) is 5.02 Å². The van der Waals surface area contributed by atoms with Gasteiger partial charge in [-0.15, -0.1) is 0 Å². The zero-order valence-corrected chi connectivity index (χ0v) is 25.6. The second-order valence-electron chi connectivity index (χ2n) is 11.3. The average molecular weight is 607 g/mol. The van der Waals surface area contributed by atoms with Gasteiger partial charge in [-0.1, -0.05) is 29.8 Å². The number of halogens is 2. The largest absolute Gasteiger partial charge is 0.338 e. The monoisotopic (exact) mass is 606 g/mol. The highest BCUT2D eigenvalue weighted by atomic mass is 35.5. The van der Waals surface area contributed by atoms with Gasteiger partial charge in [0.2, 0.25) is 15.7 Å². The Hall–Kier alpha value is -2.53. The third kappa shape index (κ3) is 8.28. The van der Waals surface area contributed by atoms with Crippen LogP contribution in [0.4, 0.5) is 14.9 Å². The molecule has 8 nitrogen and oxygen atoms in total. The number of likely N-dealkylation sites (tertiary alicyclic amines) is 1. The lowest BCUT2D eigenvalue weighted by molar-refractivity contribution is -0.123. The van der Waals surface area contributed by atoms with E-state index in [1.165, 1.54) is 17.0 Å². The Balaban J connectivity index is 1.39. The van der Waals surface area contributed by atoms with E-state index in [4.69, 9.17) is 11.6 Å². The molecule has 2 atom stereocenters. The number of hydrogen-bond acceptors (Lipinski definition) is 6. The molecular weight excluding hydrogens is 567 g/mol. The summed E-state index contributed by atoms with van der Waals surface area (Å²) in [5, 5.41) is -0.351. The predicted octanol–water partition coefficient (Wildman–Crippen LogP) is 4.59. The van der Waals surface area contributed by atoms with Gasteiger partial charge in [0.1, 0.15) is 5.82 Å². The Morgan fingerprint density at radius 3 is 2.46 bits per heavy atom. The molecule has 2 aliphatic heterocycles.